The number of hydrogen-bond donors (Lipinski definition) is 0. The molecule has 0 saturated heterocycles. The van der Waals surface area contributed by atoms with E-state index in [1.54, 1.807) is 0 Å². The standard InChI is InChI=1S/C13H9.C13H8.C10H15.2ClH.Zr/c2*1-3-7-12-10(5-1)9-11-6-2-4-8-13(11)12;1-8-5-6-9(7-8)10(2,3)4;;;/h1-5,7-8H,9H2;1-5,7-9H;6-8H,1-4H3;2*1H;/q-1;;-1;;;+2/p-2. The van der Waals surface area contributed by atoms with Crippen molar-refractivity contribution in [2.45, 2.75) is 34.1 Å². The van der Waals surface area contributed by atoms with Crippen LogP contribution >= 0.6 is 0 Å². The molecule has 0 aliphatic heterocycles. The minimum absolute atomic E-state index is 0. The van der Waals surface area contributed by atoms with E-state index >= 15 is 0 Å². The van der Waals surface area contributed by atoms with Crippen LogP contribution in [-0.2, 0) is 30.7 Å². The van der Waals surface area contributed by atoms with E-state index in [2.05, 4.69) is 137 Å². The summed E-state index contributed by atoms with van der Waals surface area (Å²) >= 11 is 1.49. The molecule has 4 aromatic rings. The van der Waals surface area contributed by atoms with E-state index in [-0.39, 0.29) is 24.8 Å². The van der Waals surface area contributed by atoms with Gasteiger partial charge in [0, 0.05) is 0 Å². The molecule has 0 nitrogen and oxygen atoms in total. The Balaban J connectivity index is 0.000000160. The van der Waals surface area contributed by atoms with Crippen molar-refractivity contribution in [1.29, 1.82) is 0 Å². The van der Waals surface area contributed by atoms with Crippen LogP contribution in [-0.4, -0.2) is 0 Å². The van der Waals surface area contributed by atoms with Gasteiger partial charge in [-0.2, -0.15) is 41.5 Å². The summed E-state index contributed by atoms with van der Waals surface area (Å²) in [7, 11) is 0. The first-order valence-corrected chi connectivity index (χ1v) is 14.2. The summed E-state index contributed by atoms with van der Waals surface area (Å²) in [4.78, 5) is 0. The smallest absolute Gasteiger partial charge is 0.0253 e. The molecule has 7 rings (SSSR count). The molecular weight excluding hydrogens is 595 g/mol. The Hall–Kier alpha value is -2.31. The van der Waals surface area contributed by atoms with Gasteiger partial charge >= 0.3 is 97.5 Å². The molecule has 0 radical (unpaired) electrons. The van der Waals surface area contributed by atoms with Crippen LogP contribution in [0.25, 0.3) is 28.3 Å². The topological polar surface area (TPSA) is 0 Å². The third-order valence-electron chi connectivity index (χ3n) is 7.07. The van der Waals surface area contributed by atoms with Gasteiger partial charge < -0.3 is 24.8 Å². The molecule has 3 aliphatic rings. The Labute approximate surface area is 260 Å². The maximum absolute atomic E-state index is 3.30. The second-order valence-electron chi connectivity index (χ2n) is 10.9. The normalized spacial score (nSPS) is 14.8. The van der Waals surface area contributed by atoms with Gasteiger partial charge in [-0.15, -0.1) is 5.56 Å². The number of fused-ring (bicyclic) bond motifs is 6. The quantitative estimate of drug-likeness (QED) is 0.227. The van der Waals surface area contributed by atoms with Crippen LogP contribution < -0.4 is 30.0 Å². The summed E-state index contributed by atoms with van der Waals surface area (Å²) < 4.78 is 1.45. The first-order chi connectivity index (χ1) is 17.8. The van der Waals surface area contributed by atoms with Gasteiger partial charge in [0.05, 0.1) is 0 Å². The molecule has 4 aromatic carbocycles. The third kappa shape index (κ3) is 7.07. The predicted octanol–water partition coefficient (Wildman–Crippen LogP) is 2.33. The third-order valence-corrected chi connectivity index (χ3v) is 8.14. The Morgan fingerprint density at radius 3 is 2.13 bits per heavy atom. The van der Waals surface area contributed by atoms with Crippen molar-refractivity contribution in [1.82, 2.24) is 0 Å². The van der Waals surface area contributed by atoms with Crippen molar-refractivity contribution in [2.75, 3.05) is 0 Å². The molecule has 0 spiro atoms. The summed E-state index contributed by atoms with van der Waals surface area (Å²) in [5.41, 5.74) is 11.4. The van der Waals surface area contributed by atoms with Gasteiger partial charge in [-0.1, -0.05) is 74.4 Å². The fourth-order valence-electron chi connectivity index (χ4n) is 5.03. The SMILES string of the molecule is CC1[C-]=CC(C(C)(C)C)=C1.[Cl-].[Cl-].[Zr+2]=[c]1cccc2c1=Cc1ccccc1-2.[c-]1cccc2c1Cc1ccccc1-2. The van der Waals surface area contributed by atoms with Crippen molar-refractivity contribution in [3.63, 3.8) is 0 Å². The van der Waals surface area contributed by atoms with Crippen molar-refractivity contribution in [2.24, 2.45) is 11.3 Å². The molecule has 0 fully saturated rings. The largest absolute Gasteiger partial charge is 0.179 e. The maximum Gasteiger partial charge on any atom is -0.0253 e. The minimum Gasteiger partial charge on any atom is -0.179 e. The molecule has 0 N–H and O–H groups in total. The number of hydrogen-bond acceptors (Lipinski definition) is 0. The predicted molar refractivity (Wildman–Crippen MR) is 152 cm³/mol. The molecule has 0 amide bonds. The number of allylic oxidation sites excluding steroid dienone is 4. The van der Waals surface area contributed by atoms with Crippen molar-refractivity contribution in [3.05, 3.63) is 140 Å². The molecule has 0 heterocycles. The zero-order valence-electron chi connectivity index (χ0n) is 22.9. The van der Waals surface area contributed by atoms with E-state index in [1.165, 1.54) is 76.8 Å². The van der Waals surface area contributed by atoms with E-state index in [9.17, 15) is 0 Å². The van der Waals surface area contributed by atoms with Crippen LogP contribution in [0, 0.1) is 26.3 Å². The van der Waals surface area contributed by atoms with Gasteiger partial charge in [-0.3, -0.25) is 6.08 Å². The van der Waals surface area contributed by atoms with Crippen LogP contribution in [0.2, 0.25) is 0 Å². The fraction of sp³-hybridized carbons (Fsp3) is 0.194. The van der Waals surface area contributed by atoms with Gasteiger partial charge in [0.2, 0.25) is 0 Å². The molecule has 39 heavy (non-hydrogen) atoms. The average molecular weight is 627 g/mol. The first kappa shape index (κ1) is 31.2. The summed E-state index contributed by atoms with van der Waals surface area (Å²) in [6, 6.07) is 33.3. The second kappa shape index (κ2) is 13.4. The van der Waals surface area contributed by atoms with Gasteiger partial charge in [-0.05, 0) is 6.42 Å². The van der Waals surface area contributed by atoms with Crippen LogP contribution in [0.5, 0.6) is 0 Å². The molecule has 196 valence electrons. The zero-order chi connectivity index (χ0) is 26.0. The summed E-state index contributed by atoms with van der Waals surface area (Å²) in [5, 5.41) is 1.42. The molecule has 1 atom stereocenters. The number of halogens is 2. The van der Waals surface area contributed by atoms with Crippen LogP contribution in [0.15, 0.2) is 103 Å². The number of benzene rings is 4. The molecular formula is C36H32Cl2Zr-2. The Kier molecular flexibility index (Phi) is 10.7. The van der Waals surface area contributed by atoms with E-state index < -0.39 is 0 Å². The van der Waals surface area contributed by atoms with Gasteiger partial charge in [0.1, 0.15) is 0 Å². The summed E-state index contributed by atoms with van der Waals surface area (Å²) in [5.74, 6) is 0.522. The van der Waals surface area contributed by atoms with Gasteiger partial charge in [0.15, 0.2) is 0 Å². The van der Waals surface area contributed by atoms with Crippen LogP contribution in [0.3, 0.4) is 0 Å². The second-order valence-corrected chi connectivity index (χ2v) is 12.2. The van der Waals surface area contributed by atoms with Gasteiger partial charge in [-0.25, -0.2) is 6.08 Å². The molecule has 3 heteroatoms. The van der Waals surface area contributed by atoms with Crippen LogP contribution in [0.4, 0.5) is 0 Å². The average Bonchev–Trinajstić information content (AvgIpc) is 3.60. The van der Waals surface area contributed by atoms with E-state index in [0.717, 1.165) is 6.42 Å². The maximum atomic E-state index is 3.30. The molecule has 0 aromatic heterocycles. The Bertz CT molecular complexity index is 1580. The van der Waals surface area contributed by atoms with Crippen LogP contribution in [0.1, 0.15) is 44.4 Å². The Morgan fingerprint density at radius 1 is 0.769 bits per heavy atom. The van der Waals surface area contributed by atoms with E-state index in [4.69, 9.17) is 0 Å². The monoisotopic (exact) mass is 624 g/mol. The van der Waals surface area contributed by atoms with E-state index in [0.29, 0.717) is 11.3 Å². The van der Waals surface area contributed by atoms with Gasteiger partial charge in [0.25, 0.3) is 0 Å². The van der Waals surface area contributed by atoms with Crippen molar-refractivity contribution in [3.8, 4) is 22.3 Å². The summed E-state index contributed by atoms with van der Waals surface area (Å²) in [6.07, 6.45) is 11.0. The molecule has 1 unspecified atom stereocenters. The minimum atomic E-state index is 0. The molecule has 3 aliphatic carbocycles. The van der Waals surface area contributed by atoms with Crippen molar-refractivity contribution >= 4 is 6.08 Å². The fourth-order valence-corrected chi connectivity index (χ4v) is 5.78. The molecule has 0 saturated carbocycles. The molecule has 0 bridgehead atoms. The number of rotatable bonds is 0. The van der Waals surface area contributed by atoms with Crippen molar-refractivity contribution < 1.29 is 49.0 Å². The zero-order valence-corrected chi connectivity index (χ0v) is 26.8. The summed E-state index contributed by atoms with van der Waals surface area (Å²) in [6.45, 7) is 8.86. The first-order valence-electron chi connectivity index (χ1n) is 13.0. The Morgan fingerprint density at radius 2 is 1.44 bits per heavy atom. The van der Waals surface area contributed by atoms with E-state index in [1.807, 2.05) is 6.07 Å².